The molecular formula is C10H12BrN2O3+. The molecule has 1 aliphatic rings. The van der Waals surface area contributed by atoms with E-state index in [4.69, 9.17) is 0 Å². The molecule has 0 unspecified atom stereocenters. The summed E-state index contributed by atoms with van der Waals surface area (Å²) >= 11 is 3.27. The SMILES string of the molecule is CO[N+](=O)c1cc(Br)cn(CC2CC2)c1=O. The average molecular weight is 288 g/mol. The Morgan fingerprint density at radius 3 is 2.88 bits per heavy atom. The maximum atomic E-state index is 11.9. The fourth-order valence-electron chi connectivity index (χ4n) is 1.53. The number of pyridine rings is 1. The van der Waals surface area contributed by atoms with Crippen molar-refractivity contribution < 1.29 is 9.76 Å². The number of rotatable bonds is 4. The minimum atomic E-state index is -0.313. The lowest BCUT2D eigenvalue weighted by atomic mass is 10.3. The van der Waals surface area contributed by atoms with Crippen LogP contribution >= 0.6 is 15.9 Å². The summed E-state index contributed by atoms with van der Waals surface area (Å²) in [7, 11) is 1.23. The highest BCUT2D eigenvalue weighted by Crippen LogP contribution is 2.30. The molecule has 1 aromatic heterocycles. The van der Waals surface area contributed by atoms with Crippen LogP contribution in [0.2, 0.25) is 0 Å². The zero-order valence-corrected chi connectivity index (χ0v) is 10.4. The molecule has 0 aromatic carbocycles. The highest BCUT2D eigenvalue weighted by Gasteiger charge is 2.27. The quantitative estimate of drug-likeness (QED) is 0.796. The fourth-order valence-corrected chi connectivity index (χ4v) is 1.99. The van der Waals surface area contributed by atoms with Crippen LogP contribution in [0.25, 0.3) is 0 Å². The molecule has 2 rings (SSSR count). The molecule has 0 aliphatic heterocycles. The Balaban J connectivity index is 2.40. The number of hydrogen-bond donors (Lipinski definition) is 0. The van der Waals surface area contributed by atoms with E-state index in [1.165, 1.54) is 13.2 Å². The summed E-state index contributed by atoms with van der Waals surface area (Å²) in [4.78, 5) is 27.9. The molecule has 1 fully saturated rings. The molecule has 6 heteroatoms. The van der Waals surface area contributed by atoms with Gasteiger partial charge in [-0.25, -0.2) is 4.84 Å². The first kappa shape index (κ1) is 11.3. The van der Waals surface area contributed by atoms with Crippen LogP contribution in [0, 0.1) is 10.8 Å². The number of nitrogens with zero attached hydrogens (tertiary/aromatic N) is 2. The smallest absolute Gasteiger partial charge is 0.308 e. The first-order valence-corrected chi connectivity index (χ1v) is 5.82. The molecule has 1 aliphatic carbocycles. The van der Waals surface area contributed by atoms with Gasteiger partial charge < -0.3 is 4.57 Å². The van der Waals surface area contributed by atoms with Gasteiger partial charge in [0, 0.05) is 23.3 Å². The Kier molecular flexibility index (Phi) is 3.09. The first-order chi connectivity index (χ1) is 7.61. The summed E-state index contributed by atoms with van der Waals surface area (Å²) in [6.45, 7) is 0.669. The minimum Gasteiger partial charge on any atom is -0.308 e. The third-order valence-corrected chi connectivity index (χ3v) is 2.98. The normalized spacial score (nSPS) is 14.9. The lowest BCUT2D eigenvalue weighted by molar-refractivity contribution is -0.737. The van der Waals surface area contributed by atoms with Gasteiger partial charge in [0.25, 0.3) is 4.92 Å². The maximum absolute atomic E-state index is 11.9. The van der Waals surface area contributed by atoms with Crippen molar-refractivity contribution in [2.24, 2.45) is 5.92 Å². The summed E-state index contributed by atoms with van der Waals surface area (Å²) in [6.07, 6.45) is 4.01. The second kappa shape index (κ2) is 4.37. The van der Waals surface area contributed by atoms with E-state index in [-0.39, 0.29) is 16.2 Å². The second-order valence-corrected chi connectivity index (χ2v) is 4.80. The Morgan fingerprint density at radius 1 is 1.62 bits per heavy atom. The largest absolute Gasteiger partial charge is 0.382 e. The topological polar surface area (TPSA) is 51.3 Å². The summed E-state index contributed by atoms with van der Waals surface area (Å²) in [6, 6.07) is 1.46. The molecule has 0 saturated heterocycles. The average Bonchev–Trinajstić information content (AvgIpc) is 3.05. The van der Waals surface area contributed by atoms with E-state index >= 15 is 0 Å². The molecule has 1 heterocycles. The van der Waals surface area contributed by atoms with Crippen LogP contribution in [0.1, 0.15) is 12.8 Å². The van der Waals surface area contributed by atoms with Gasteiger partial charge in [0.15, 0.2) is 7.11 Å². The van der Waals surface area contributed by atoms with Crippen molar-refractivity contribution in [3.8, 4) is 0 Å². The second-order valence-electron chi connectivity index (χ2n) is 3.88. The number of aromatic nitrogens is 1. The van der Waals surface area contributed by atoms with Crippen LogP contribution in [-0.4, -0.2) is 16.6 Å². The third kappa shape index (κ3) is 2.32. The molecule has 16 heavy (non-hydrogen) atoms. The van der Waals surface area contributed by atoms with Gasteiger partial charge in [0.05, 0.1) is 4.91 Å². The Bertz CT molecular complexity index is 479. The van der Waals surface area contributed by atoms with Gasteiger partial charge in [-0.05, 0) is 34.7 Å². The lowest BCUT2D eigenvalue weighted by Crippen LogP contribution is -2.24. The van der Waals surface area contributed by atoms with Gasteiger partial charge in [0.2, 0.25) is 0 Å². The molecule has 1 saturated carbocycles. The van der Waals surface area contributed by atoms with Gasteiger partial charge in [-0.2, -0.15) is 0 Å². The fraction of sp³-hybridized carbons (Fsp3) is 0.500. The van der Waals surface area contributed by atoms with E-state index in [0.29, 0.717) is 16.9 Å². The van der Waals surface area contributed by atoms with Crippen molar-refractivity contribution in [2.75, 3.05) is 7.11 Å². The number of hydrogen-bond acceptors (Lipinski definition) is 3. The van der Waals surface area contributed by atoms with E-state index in [1.54, 1.807) is 10.8 Å². The maximum Gasteiger partial charge on any atom is 0.382 e. The third-order valence-electron chi connectivity index (χ3n) is 2.55. The van der Waals surface area contributed by atoms with Crippen LogP contribution in [0.4, 0.5) is 5.69 Å². The van der Waals surface area contributed by atoms with Crippen LogP contribution < -0.4 is 5.56 Å². The molecule has 0 spiro atoms. The van der Waals surface area contributed by atoms with E-state index in [9.17, 15) is 9.70 Å². The molecular weight excluding hydrogens is 276 g/mol. The van der Waals surface area contributed by atoms with Crippen molar-refractivity contribution in [1.29, 1.82) is 0 Å². The molecule has 5 nitrogen and oxygen atoms in total. The zero-order chi connectivity index (χ0) is 11.7. The summed E-state index contributed by atoms with van der Waals surface area (Å²) in [5, 5.41) is 0. The van der Waals surface area contributed by atoms with Crippen LogP contribution in [0.5, 0.6) is 0 Å². The standard InChI is InChI=1S/C10H12BrN2O3/c1-16-13(15)9-4-8(11)6-12(10(9)14)5-7-2-3-7/h4,6-7H,2-3,5H2,1H3/q+1. The van der Waals surface area contributed by atoms with Gasteiger partial charge in [-0.3, -0.25) is 4.79 Å². The Morgan fingerprint density at radius 2 is 2.31 bits per heavy atom. The van der Waals surface area contributed by atoms with Crippen molar-refractivity contribution in [1.82, 2.24) is 4.57 Å². The molecule has 0 N–H and O–H groups in total. The highest BCUT2D eigenvalue weighted by atomic mass is 79.9. The monoisotopic (exact) mass is 287 g/mol. The first-order valence-electron chi connectivity index (χ1n) is 5.03. The van der Waals surface area contributed by atoms with E-state index in [2.05, 4.69) is 20.8 Å². The summed E-state index contributed by atoms with van der Waals surface area (Å²) in [5.74, 6) is 0.572. The van der Waals surface area contributed by atoms with Gasteiger partial charge >= 0.3 is 11.2 Å². The Hall–Kier alpha value is -1.17. The van der Waals surface area contributed by atoms with Crippen molar-refractivity contribution in [3.63, 3.8) is 0 Å². The highest BCUT2D eigenvalue weighted by molar-refractivity contribution is 9.10. The van der Waals surface area contributed by atoms with Gasteiger partial charge in [-0.1, -0.05) is 0 Å². The van der Waals surface area contributed by atoms with Crippen LogP contribution in [0.15, 0.2) is 21.5 Å². The van der Waals surface area contributed by atoms with E-state index in [1.807, 2.05) is 0 Å². The number of halogens is 1. The molecule has 86 valence electrons. The van der Waals surface area contributed by atoms with Crippen molar-refractivity contribution in [2.45, 2.75) is 19.4 Å². The van der Waals surface area contributed by atoms with Crippen LogP contribution in [-0.2, 0) is 11.4 Å². The predicted molar refractivity (Wildman–Crippen MR) is 61.4 cm³/mol. The molecule has 1 aromatic rings. The lowest BCUT2D eigenvalue weighted by Gasteiger charge is -2.03. The Labute approximate surface area is 101 Å². The van der Waals surface area contributed by atoms with Gasteiger partial charge in [0.1, 0.15) is 0 Å². The summed E-state index contributed by atoms with van der Waals surface area (Å²) in [5.41, 5.74) is -0.315. The molecule has 0 radical (unpaired) electrons. The summed E-state index contributed by atoms with van der Waals surface area (Å²) < 4.78 is 2.25. The predicted octanol–water partition coefficient (Wildman–Crippen LogP) is 1.99. The van der Waals surface area contributed by atoms with E-state index in [0.717, 1.165) is 12.8 Å². The molecule has 0 bridgehead atoms. The van der Waals surface area contributed by atoms with Crippen molar-refractivity contribution in [3.05, 3.63) is 32.0 Å². The molecule has 0 atom stereocenters. The zero-order valence-electron chi connectivity index (χ0n) is 8.85. The molecule has 0 amide bonds. The minimum absolute atomic E-state index is 0.00229. The van der Waals surface area contributed by atoms with Gasteiger partial charge in [-0.15, -0.1) is 0 Å². The van der Waals surface area contributed by atoms with Crippen LogP contribution in [0.3, 0.4) is 0 Å². The van der Waals surface area contributed by atoms with Crippen molar-refractivity contribution >= 4 is 21.6 Å². The van der Waals surface area contributed by atoms with E-state index < -0.39 is 0 Å².